The highest BCUT2D eigenvalue weighted by atomic mass is 35.5. The van der Waals surface area contributed by atoms with Gasteiger partial charge in [-0.2, -0.15) is 0 Å². The van der Waals surface area contributed by atoms with Gasteiger partial charge < -0.3 is 4.74 Å². The Hall–Kier alpha value is -0.940. The number of hydrogen-bond donors (Lipinski definition) is 0. The van der Waals surface area contributed by atoms with Gasteiger partial charge in [-0.1, -0.05) is 60.9 Å². The molecule has 1 aromatic rings. The maximum Gasteiger partial charge on any atom is 0.200 e. The van der Waals surface area contributed by atoms with E-state index in [0.29, 0.717) is 14.3 Å². The van der Waals surface area contributed by atoms with Crippen LogP contribution in [0.3, 0.4) is 0 Å². The normalized spacial score (nSPS) is 20.8. The Kier molecular flexibility index (Phi) is 5.51. The van der Waals surface area contributed by atoms with E-state index in [9.17, 15) is 4.79 Å². The molecule has 1 aromatic carbocycles. The van der Waals surface area contributed by atoms with E-state index in [4.69, 9.17) is 16.3 Å². The molecule has 2 heterocycles. The van der Waals surface area contributed by atoms with E-state index in [1.807, 2.05) is 26.0 Å². The van der Waals surface area contributed by atoms with Crippen molar-refractivity contribution in [2.24, 2.45) is 11.3 Å². The molecule has 0 saturated heterocycles. The fraction of sp³-hybridized carbons (Fsp3) is 0.381. The number of rotatable bonds is 3. The van der Waals surface area contributed by atoms with Crippen molar-refractivity contribution in [1.82, 2.24) is 0 Å². The Bertz CT molecular complexity index is 857. The van der Waals surface area contributed by atoms with Gasteiger partial charge in [0.05, 0.1) is 5.66 Å². The third kappa shape index (κ3) is 3.84. The minimum Gasteiger partial charge on any atom is -0.457 e. The standard InChI is InChI=1S/C21H25ClO2P2/c1-11(2)19(23)15-10-18-20(24-15)13(21(3,4)5)9-17(26-18)12-6-7-14(22)16(25)8-12/h6-11,18,26H,25H2,1-5H3. The molecule has 2 aliphatic rings. The first kappa shape index (κ1) is 19.8. The molecule has 0 aromatic heterocycles. The Labute approximate surface area is 165 Å². The van der Waals surface area contributed by atoms with Crippen LogP contribution in [0.4, 0.5) is 0 Å². The summed E-state index contributed by atoms with van der Waals surface area (Å²) in [7, 11) is 3.22. The van der Waals surface area contributed by atoms with Crippen molar-refractivity contribution in [3.8, 4) is 0 Å². The van der Waals surface area contributed by atoms with Crippen LogP contribution in [0, 0.1) is 11.3 Å². The zero-order chi connectivity index (χ0) is 19.2. The fourth-order valence-corrected chi connectivity index (χ4v) is 4.94. The van der Waals surface area contributed by atoms with Crippen molar-refractivity contribution >= 4 is 45.8 Å². The van der Waals surface area contributed by atoms with Crippen molar-refractivity contribution in [2.75, 3.05) is 0 Å². The van der Waals surface area contributed by atoms with Crippen LogP contribution in [0.5, 0.6) is 0 Å². The number of allylic oxidation sites excluding steroid dienone is 4. The zero-order valence-corrected chi connectivity index (χ0v) is 18.7. The van der Waals surface area contributed by atoms with Gasteiger partial charge in [0, 0.05) is 10.9 Å². The first-order chi connectivity index (χ1) is 12.1. The zero-order valence-electron chi connectivity index (χ0n) is 15.8. The molecule has 3 atom stereocenters. The van der Waals surface area contributed by atoms with Crippen molar-refractivity contribution in [2.45, 2.75) is 40.3 Å². The Morgan fingerprint density at radius 3 is 2.58 bits per heavy atom. The van der Waals surface area contributed by atoms with Gasteiger partial charge >= 0.3 is 0 Å². The van der Waals surface area contributed by atoms with Crippen molar-refractivity contribution < 1.29 is 9.53 Å². The summed E-state index contributed by atoms with van der Waals surface area (Å²) < 4.78 is 6.08. The average molecular weight is 407 g/mol. The topological polar surface area (TPSA) is 26.3 Å². The lowest BCUT2D eigenvalue weighted by molar-refractivity contribution is -0.120. The Morgan fingerprint density at radius 2 is 2.00 bits per heavy atom. The number of ketones is 1. The number of ether oxygens (including phenoxy) is 1. The summed E-state index contributed by atoms with van der Waals surface area (Å²) >= 11 is 6.18. The van der Waals surface area contributed by atoms with E-state index >= 15 is 0 Å². The molecule has 3 unspecified atom stereocenters. The number of benzene rings is 1. The van der Waals surface area contributed by atoms with E-state index in [1.165, 1.54) is 16.5 Å². The van der Waals surface area contributed by atoms with Gasteiger partial charge in [0.15, 0.2) is 11.5 Å². The van der Waals surface area contributed by atoms with Crippen LogP contribution in [0.15, 0.2) is 47.4 Å². The molecule has 0 aliphatic carbocycles. The van der Waals surface area contributed by atoms with E-state index in [0.717, 1.165) is 16.1 Å². The van der Waals surface area contributed by atoms with Crippen LogP contribution >= 0.6 is 29.4 Å². The minimum atomic E-state index is -0.0654. The van der Waals surface area contributed by atoms with Crippen LogP contribution in [-0.2, 0) is 9.53 Å². The number of carbonyl (C=O) groups excluding carboxylic acids is 1. The second-order valence-electron chi connectivity index (χ2n) is 8.10. The highest BCUT2D eigenvalue weighted by molar-refractivity contribution is 7.52. The van der Waals surface area contributed by atoms with Gasteiger partial charge in [-0.15, -0.1) is 9.24 Å². The van der Waals surface area contributed by atoms with E-state index in [1.54, 1.807) is 0 Å². The van der Waals surface area contributed by atoms with Gasteiger partial charge in [0.25, 0.3) is 0 Å². The Morgan fingerprint density at radius 1 is 1.31 bits per heavy atom. The second-order valence-corrected chi connectivity index (χ2v) is 10.6. The van der Waals surface area contributed by atoms with Gasteiger partial charge in [0.2, 0.25) is 0 Å². The molecule has 3 rings (SSSR count). The lowest BCUT2D eigenvalue weighted by Crippen LogP contribution is -2.17. The minimum absolute atomic E-state index is 0.0632. The highest BCUT2D eigenvalue weighted by Gasteiger charge is 2.37. The SMILES string of the molecule is CC(C)C(=O)C1=CC2PC(c3ccc(Cl)c(P)c3)=CC(C(C)(C)C)=C2O1. The van der Waals surface area contributed by atoms with Crippen LogP contribution < -0.4 is 5.30 Å². The molecular weight excluding hydrogens is 382 g/mol. The summed E-state index contributed by atoms with van der Waals surface area (Å²) in [6.45, 7) is 10.4. The third-order valence-corrected chi connectivity index (χ3v) is 7.06. The van der Waals surface area contributed by atoms with E-state index < -0.39 is 0 Å². The lowest BCUT2D eigenvalue weighted by Gasteiger charge is -2.30. The third-order valence-electron chi connectivity index (χ3n) is 4.57. The molecule has 0 spiro atoms. The molecule has 138 valence electrons. The summed E-state index contributed by atoms with van der Waals surface area (Å²) in [6.07, 6.45) is 4.26. The number of Topliss-reactive ketones (excluding diaryl/α,β-unsaturated/α-hetero) is 1. The van der Waals surface area contributed by atoms with E-state index in [2.05, 4.69) is 48.2 Å². The predicted octanol–water partition coefficient (Wildman–Crippen LogP) is 5.68. The monoisotopic (exact) mass is 406 g/mol. The molecule has 2 nitrogen and oxygen atoms in total. The summed E-state index contributed by atoms with van der Waals surface area (Å²) in [4.78, 5) is 12.4. The van der Waals surface area contributed by atoms with Crippen LogP contribution in [0.25, 0.3) is 5.31 Å². The maximum absolute atomic E-state index is 12.4. The second kappa shape index (κ2) is 7.23. The number of halogens is 1. The smallest absolute Gasteiger partial charge is 0.200 e. The molecule has 0 fully saturated rings. The van der Waals surface area contributed by atoms with E-state index in [-0.39, 0.29) is 22.8 Å². The molecule has 0 radical (unpaired) electrons. The predicted molar refractivity (Wildman–Crippen MR) is 116 cm³/mol. The molecule has 0 saturated carbocycles. The van der Waals surface area contributed by atoms with Crippen molar-refractivity contribution in [1.29, 1.82) is 0 Å². The van der Waals surface area contributed by atoms with Crippen LogP contribution in [0.2, 0.25) is 5.02 Å². The van der Waals surface area contributed by atoms with Gasteiger partial charge in [-0.25, -0.2) is 0 Å². The largest absolute Gasteiger partial charge is 0.457 e. The molecule has 0 amide bonds. The van der Waals surface area contributed by atoms with Crippen molar-refractivity contribution in [3.63, 3.8) is 0 Å². The number of carbonyl (C=O) groups is 1. The highest BCUT2D eigenvalue weighted by Crippen LogP contribution is 2.52. The molecule has 0 bridgehead atoms. The van der Waals surface area contributed by atoms with Crippen LogP contribution in [0.1, 0.15) is 40.2 Å². The summed E-state index contributed by atoms with van der Waals surface area (Å²) in [5.74, 6) is 1.47. The molecular formula is C21H25ClO2P2. The molecule has 0 N–H and O–H groups in total. The van der Waals surface area contributed by atoms with Gasteiger partial charge in [-0.3, -0.25) is 4.79 Å². The first-order valence-corrected chi connectivity index (χ1v) is 10.8. The fourth-order valence-electron chi connectivity index (χ4n) is 3.08. The first-order valence-electron chi connectivity index (χ1n) is 8.80. The van der Waals surface area contributed by atoms with Crippen molar-refractivity contribution in [3.05, 3.63) is 58.0 Å². The van der Waals surface area contributed by atoms with Crippen LogP contribution in [-0.4, -0.2) is 11.4 Å². The summed E-state index contributed by atoms with van der Waals surface area (Å²) in [6, 6.07) is 6.12. The molecule has 2 aliphatic heterocycles. The quantitative estimate of drug-likeness (QED) is 0.603. The van der Waals surface area contributed by atoms with Gasteiger partial charge in [0.1, 0.15) is 5.76 Å². The lowest BCUT2D eigenvalue weighted by atomic mass is 9.84. The van der Waals surface area contributed by atoms with Gasteiger partial charge in [-0.05, 0) is 51.5 Å². The molecule has 26 heavy (non-hydrogen) atoms. The maximum atomic E-state index is 12.4. The number of hydrogen-bond acceptors (Lipinski definition) is 2. The Balaban J connectivity index is 2.05. The summed E-state index contributed by atoms with van der Waals surface area (Å²) in [5.41, 5.74) is 2.42. The molecule has 5 heteroatoms. The summed E-state index contributed by atoms with van der Waals surface area (Å²) in [5, 5.41) is 3.03. The average Bonchev–Trinajstić information content (AvgIpc) is 2.98. The number of fused-ring (bicyclic) bond motifs is 1.